The molecule has 0 saturated carbocycles. The van der Waals surface area contributed by atoms with Crippen molar-refractivity contribution in [3.8, 4) is 0 Å². The third kappa shape index (κ3) is 19.0. The van der Waals surface area contributed by atoms with E-state index in [0.29, 0.717) is 17.6 Å². The number of allylic oxidation sites excluding steroid dienone is 9. The molecular formula is C32H34Fe2O8-2. The number of rotatable bonds is 9. The average molecular weight is 658 g/mol. The van der Waals surface area contributed by atoms with Gasteiger partial charge in [0, 0.05) is 52.7 Å². The Morgan fingerprint density at radius 1 is 0.714 bits per heavy atom. The molecule has 4 rings (SSSR count). The zero-order valence-electron chi connectivity index (χ0n) is 22.8. The summed E-state index contributed by atoms with van der Waals surface area (Å²) in [5.74, 6) is -1.88. The quantitative estimate of drug-likeness (QED) is 0.0711. The fourth-order valence-electron chi connectivity index (χ4n) is 2.79. The van der Waals surface area contributed by atoms with Crippen LogP contribution in [-0.2, 0) is 57.9 Å². The van der Waals surface area contributed by atoms with Gasteiger partial charge >= 0.3 is 11.9 Å². The van der Waals surface area contributed by atoms with Crippen LogP contribution in [-0.4, -0.2) is 47.1 Å². The molecule has 8 nitrogen and oxygen atoms in total. The van der Waals surface area contributed by atoms with Crippen molar-refractivity contribution in [3.63, 3.8) is 0 Å². The van der Waals surface area contributed by atoms with Crippen molar-refractivity contribution in [1.29, 1.82) is 0 Å². The summed E-state index contributed by atoms with van der Waals surface area (Å²) in [5.41, 5.74) is 1.70. The summed E-state index contributed by atoms with van der Waals surface area (Å²) < 4.78 is 14.4. The molecule has 3 N–H and O–H groups in total. The van der Waals surface area contributed by atoms with Crippen molar-refractivity contribution >= 4 is 11.9 Å². The summed E-state index contributed by atoms with van der Waals surface area (Å²) in [6.45, 7) is 6.88. The Morgan fingerprint density at radius 2 is 1.19 bits per heavy atom. The van der Waals surface area contributed by atoms with E-state index in [1.54, 1.807) is 42.5 Å². The second-order valence-electron chi connectivity index (χ2n) is 7.53. The van der Waals surface area contributed by atoms with E-state index in [2.05, 4.69) is 17.9 Å². The SMILES string of the molecule is C=CC(=O)OCCC1=CC=CC1=C(O)O.C=CC(=O)OCCOC(O)=C1C=CC=C1.[Fe].[Fe].c1cc[cH-]c1.c1cc[cH-]c1. The summed E-state index contributed by atoms with van der Waals surface area (Å²) in [6.07, 6.45) is 14.6. The molecule has 0 heterocycles. The number of aliphatic hydroxyl groups excluding tert-OH is 2. The first-order chi connectivity index (χ1) is 19.4. The van der Waals surface area contributed by atoms with E-state index in [-0.39, 0.29) is 59.9 Å². The average Bonchev–Trinajstić information content (AvgIpc) is 3.80. The Balaban J connectivity index is 0. The molecule has 2 aliphatic carbocycles. The Bertz CT molecular complexity index is 1140. The van der Waals surface area contributed by atoms with Crippen molar-refractivity contribution < 1.29 is 73.3 Å². The Kier molecular flexibility index (Phi) is 24.5. The van der Waals surface area contributed by atoms with E-state index in [9.17, 15) is 14.7 Å². The molecule has 2 aromatic carbocycles. The molecule has 2 aliphatic rings. The van der Waals surface area contributed by atoms with Crippen molar-refractivity contribution in [1.82, 2.24) is 0 Å². The number of carbonyl (C=O) groups is 2. The number of hydrogen-bond acceptors (Lipinski definition) is 8. The largest absolute Gasteiger partial charge is 0.481 e. The van der Waals surface area contributed by atoms with Gasteiger partial charge in [-0.25, -0.2) is 33.9 Å². The minimum atomic E-state index is -0.718. The number of hydrogen-bond donors (Lipinski definition) is 3. The number of aliphatic hydroxyl groups is 3. The monoisotopic (exact) mass is 658 g/mol. The first-order valence-corrected chi connectivity index (χ1v) is 12.2. The van der Waals surface area contributed by atoms with Crippen LogP contribution in [0.3, 0.4) is 0 Å². The zero-order valence-corrected chi connectivity index (χ0v) is 25.0. The van der Waals surface area contributed by atoms with E-state index < -0.39 is 17.9 Å². The van der Waals surface area contributed by atoms with Gasteiger partial charge in [-0.3, -0.25) is 0 Å². The van der Waals surface area contributed by atoms with Crippen LogP contribution in [0.25, 0.3) is 0 Å². The molecule has 0 aromatic heterocycles. The second-order valence-corrected chi connectivity index (χ2v) is 7.53. The van der Waals surface area contributed by atoms with Crippen LogP contribution in [0.2, 0.25) is 0 Å². The predicted octanol–water partition coefficient (Wildman–Crippen LogP) is 6.36. The summed E-state index contributed by atoms with van der Waals surface area (Å²) in [5, 5.41) is 27.2. The molecule has 228 valence electrons. The fraction of sp³-hybridized carbons (Fsp3) is 0.125. The molecule has 0 bridgehead atoms. The summed E-state index contributed by atoms with van der Waals surface area (Å²) >= 11 is 0. The Hall–Kier alpha value is -4.20. The van der Waals surface area contributed by atoms with Crippen LogP contribution in [0.15, 0.2) is 157 Å². The normalized spacial score (nSPS) is 11.3. The zero-order chi connectivity index (χ0) is 29.4. The maximum absolute atomic E-state index is 10.7. The van der Waals surface area contributed by atoms with Crippen molar-refractivity contribution in [2.45, 2.75) is 6.42 Å². The van der Waals surface area contributed by atoms with Crippen LogP contribution in [0.1, 0.15) is 6.42 Å². The fourth-order valence-corrected chi connectivity index (χ4v) is 2.79. The second kappa shape index (κ2) is 25.7. The molecule has 42 heavy (non-hydrogen) atoms. The van der Waals surface area contributed by atoms with E-state index in [1.807, 2.05) is 60.7 Å². The van der Waals surface area contributed by atoms with Crippen LogP contribution in [0, 0.1) is 0 Å². The van der Waals surface area contributed by atoms with Crippen molar-refractivity contribution in [3.05, 3.63) is 157 Å². The summed E-state index contributed by atoms with van der Waals surface area (Å²) in [6, 6.07) is 20.0. The van der Waals surface area contributed by atoms with Crippen LogP contribution in [0.4, 0.5) is 0 Å². The third-order valence-corrected chi connectivity index (χ3v) is 4.68. The minimum absolute atomic E-state index is 0. The Labute approximate surface area is 267 Å². The molecule has 0 radical (unpaired) electrons. The van der Waals surface area contributed by atoms with Crippen LogP contribution in [0.5, 0.6) is 0 Å². The van der Waals surface area contributed by atoms with E-state index in [0.717, 1.165) is 17.7 Å². The Morgan fingerprint density at radius 3 is 1.62 bits per heavy atom. The van der Waals surface area contributed by atoms with Gasteiger partial charge in [0.1, 0.15) is 13.2 Å². The van der Waals surface area contributed by atoms with Gasteiger partial charge in [0.25, 0.3) is 11.9 Å². The number of ether oxygens (including phenoxy) is 3. The van der Waals surface area contributed by atoms with Gasteiger partial charge in [-0.2, -0.15) is 36.4 Å². The van der Waals surface area contributed by atoms with E-state index >= 15 is 0 Å². The van der Waals surface area contributed by atoms with Gasteiger partial charge in [0.15, 0.2) is 0 Å². The van der Waals surface area contributed by atoms with Crippen LogP contribution < -0.4 is 0 Å². The van der Waals surface area contributed by atoms with Crippen LogP contribution >= 0.6 is 0 Å². The molecular weight excluding hydrogens is 624 g/mol. The predicted molar refractivity (Wildman–Crippen MR) is 154 cm³/mol. The van der Waals surface area contributed by atoms with E-state index in [1.165, 1.54) is 0 Å². The molecule has 10 heteroatoms. The third-order valence-electron chi connectivity index (χ3n) is 4.68. The van der Waals surface area contributed by atoms with Gasteiger partial charge in [0.2, 0.25) is 0 Å². The minimum Gasteiger partial charge on any atom is -0.481 e. The number of carbonyl (C=O) groups excluding carboxylic acids is 2. The molecule has 0 amide bonds. The molecule has 0 unspecified atom stereocenters. The number of esters is 2. The molecule has 0 saturated heterocycles. The van der Waals surface area contributed by atoms with Gasteiger partial charge in [-0.05, 0) is 23.8 Å². The summed E-state index contributed by atoms with van der Waals surface area (Å²) in [4.78, 5) is 21.3. The first kappa shape index (κ1) is 39.9. The maximum atomic E-state index is 10.7. The molecule has 0 aliphatic heterocycles. The van der Waals surface area contributed by atoms with Gasteiger partial charge in [-0.1, -0.05) is 37.5 Å². The molecule has 2 aromatic rings. The molecule has 0 spiro atoms. The maximum Gasteiger partial charge on any atom is 0.330 e. The smallest absolute Gasteiger partial charge is 0.330 e. The standard InChI is InChI=1S/2C11H12O4.2C5H5.2Fe/c1-2-10(12)15-7-6-8-4-3-5-9(8)11(13)14;1-2-10(12)14-7-8-15-11(13)9-5-3-4-6-9;2*1-2-4-5-3-1;;/h2-5,13-14H,1,6-7H2;2-6,13H,1,7-8H2;2*1-5H;;/q;;2*-1;;. The van der Waals surface area contributed by atoms with Gasteiger partial charge in [-0.15, -0.1) is 0 Å². The van der Waals surface area contributed by atoms with Crippen molar-refractivity contribution in [2.24, 2.45) is 0 Å². The van der Waals surface area contributed by atoms with Gasteiger partial charge in [0.05, 0.1) is 17.8 Å². The van der Waals surface area contributed by atoms with Gasteiger partial charge < -0.3 is 29.5 Å². The molecule has 0 fully saturated rings. The van der Waals surface area contributed by atoms with Crippen molar-refractivity contribution in [2.75, 3.05) is 19.8 Å². The first-order valence-electron chi connectivity index (χ1n) is 12.2. The van der Waals surface area contributed by atoms with E-state index in [4.69, 9.17) is 19.7 Å². The topological polar surface area (TPSA) is 123 Å². The summed E-state index contributed by atoms with van der Waals surface area (Å²) in [7, 11) is 0. The molecule has 0 atom stereocenters.